The third-order valence-electron chi connectivity index (χ3n) is 3.84. The van der Waals surface area contributed by atoms with E-state index in [1.807, 2.05) is 6.07 Å². The van der Waals surface area contributed by atoms with Crippen molar-refractivity contribution in [1.82, 2.24) is 0 Å². The zero-order valence-electron chi connectivity index (χ0n) is 10.3. The highest BCUT2D eigenvalue weighted by Gasteiger charge is 2.51. The van der Waals surface area contributed by atoms with Gasteiger partial charge in [0, 0.05) is 6.42 Å². The molecular weight excluding hydrogens is 243 g/mol. The van der Waals surface area contributed by atoms with Gasteiger partial charge in [0.05, 0.1) is 0 Å². The van der Waals surface area contributed by atoms with E-state index in [4.69, 9.17) is 0 Å². The van der Waals surface area contributed by atoms with E-state index in [-0.39, 0.29) is 6.42 Å². The summed E-state index contributed by atoms with van der Waals surface area (Å²) in [4.78, 5) is 0. The summed E-state index contributed by atoms with van der Waals surface area (Å²) < 4.78 is 15.1. The molecule has 1 unspecified atom stereocenters. The van der Waals surface area contributed by atoms with Crippen LogP contribution in [0.4, 0.5) is 4.39 Å². The third-order valence-corrected chi connectivity index (χ3v) is 3.84. The second-order valence-corrected chi connectivity index (χ2v) is 5.02. The van der Waals surface area contributed by atoms with Gasteiger partial charge in [0.25, 0.3) is 0 Å². The van der Waals surface area contributed by atoms with E-state index in [1.54, 1.807) is 48.5 Å². The monoisotopic (exact) mass is 258 g/mol. The van der Waals surface area contributed by atoms with Crippen molar-refractivity contribution < 1.29 is 14.6 Å². The van der Waals surface area contributed by atoms with E-state index in [1.165, 1.54) is 0 Å². The smallest absolute Gasteiger partial charge is 0.174 e. The maximum Gasteiger partial charge on any atom is 0.174 e. The van der Waals surface area contributed by atoms with Gasteiger partial charge in [0.1, 0.15) is 12.2 Å². The Morgan fingerprint density at radius 1 is 1.05 bits per heavy atom. The number of fused-ring (bicyclic) bond motifs is 1. The fourth-order valence-electron chi connectivity index (χ4n) is 2.77. The lowest BCUT2D eigenvalue weighted by Crippen LogP contribution is -2.36. The second kappa shape index (κ2) is 4.44. The maximum absolute atomic E-state index is 15.1. The lowest BCUT2D eigenvalue weighted by atomic mass is 9.88. The Hall–Kier alpha value is -1.71. The van der Waals surface area contributed by atoms with Crippen molar-refractivity contribution in [3.8, 4) is 0 Å². The van der Waals surface area contributed by atoms with Crippen LogP contribution in [0.3, 0.4) is 0 Å². The molecule has 3 atom stereocenters. The molecular formula is C16H15FO2. The van der Waals surface area contributed by atoms with Gasteiger partial charge < -0.3 is 10.2 Å². The lowest BCUT2D eigenvalue weighted by molar-refractivity contribution is -0.0862. The summed E-state index contributed by atoms with van der Waals surface area (Å²) in [5.74, 6) is 0. The number of alkyl halides is 1. The van der Waals surface area contributed by atoms with E-state index in [9.17, 15) is 10.2 Å². The fraction of sp³-hybridized carbons (Fsp3) is 0.250. The minimum atomic E-state index is -2.06. The van der Waals surface area contributed by atoms with E-state index >= 15 is 4.39 Å². The van der Waals surface area contributed by atoms with Crippen LogP contribution in [-0.4, -0.2) is 15.9 Å². The molecule has 0 spiro atoms. The van der Waals surface area contributed by atoms with Crippen molar-refractivity contribution >= 4 is 0 Å². The van der Waals surface area contributed by atoms with Crippen LogP contribution >= 0.6 is 0 Å². The van der Waals surface area contributed by atoms with Crippen molar-refractivity contribution in [1.29, 1.82) is 0 Å². The molecule has 1 aliphatic rings. The normalized spacial score (nSPS) is 27.0. The number of hydrogen-bond acceptors (Lipinski definition) is 2. The molecule has 0 saturated heterocycles. The molecule has 2 nitrogen and oxygen atoms in total. The quantitative estimate of drug-likeness (QED) is 0.869. The Bertz CT molecular complexity index is 584. The summed E-state index contributed by atoms with van der Waals surface area (Å²) in [5.41, 5.74) is -0.255. The predicted molar refractivity (Wildman–Crippen MR) is 70.3 cm³/mol. The summed E-state index contributed by atoms with van der Waals surface area (Å²) >= 11 is 0. The van der Waals surface area contributed by atoms with Gasteiger partial charge >= 0.3 is 0 Å². The largest absolute Gasteiger partial charge is 0.385 e. The van der Waals surface area contributed by atoms with Gasteiger partial charge in [-0.25, -0.2) is 4.39 Å². The van der Waals surface area contributed by atoms with Gasteiger partial charge in [0.2, 0.25) is 0 Å². The van der Waals surface area contributed by atoms with Gasteiger partial charge in [-0.05, 0) is 16.7 Å². The van der Waals surface area contributed by atoms with Crippen LogP contribution in [0.25, 0.3) is 0 Å². The lowest BCUT2D eigenvalue weighted by Gasteiger charge is -2.29. The Labute approximate surface area is 111 Å². The minimum absolute atomic E-state index is 0.0282. The molecule has 98 valence electrons. The van der Waals surface area contributed by atoms with Crippen molar-refractivity contribution in [3.05, 3.63) is 71.3 Å². The van der Waals surface area contributed by atoms with E-state index in [2.05, 4.69) is 0 Å². The molecule has 2 aromatic carbocycles. The zero-order chi connectivity index (χ0) is 13.5. The molecule has 0 amide bonds. The van der Waals surface area contributed by atoms with Crippen molar-refractivity contribution in [3.63, 3.8) is 0 Å². The summed E-state index contributed by atoms with van der Waals surface area (Å²) in [7, 11) is 0. The average molecular weight is 258 g/mol. The summed E-state index contributed by atoms with van der Waals surface area (Å²) in [6.07, 6.45) is -2.60. The Kier molecular flexibility index (Phi) is 2.88. The molecule has 0 bridgehead atoms. The highest BCUT2D eigenvalue weighted by molar-refractivity contribution is 5.40. The zero-order valence-corrected chi connectivity index (χ0v) is 10.3. The van der Waals surface area contributed by atoms with Crippen LogP contribution in [0.1, 0.15) is 28.9 Å². The first-order chi connectivity index (χ1) is 9.13. The first-order valence-corrected chi connectivity index (χ1v) is 6.31. The van der Waals surface area contributed by atoms with Crippen LogP contribution in [-0.2, 0) is 6.42 Å². The highest BCUT2D eigenvalue weighted by Crippen LogP contribution is 2.48. The predicted octanol–water partition coefficient (Wildman–Crippen LogP) is 2.72. The first-order valence-electron chi connectivity index (χ1n) is 6.31. The molecule has 0 fully saturated rings. The van der Waals surface area contributed by atoms with Gasteiger partial charge in [-0.3, -0.25) is 0 Å². The topological polar surface area (TPSA) is 40.5 Å². The first kappa shape index (κ1) is 12.3. The minimum Gasteiger partial charge on any atom is -0.385 e. The SMILES string of the molecule is O[C@@H](c1ccccc1)C1(F)Cc2ccccc2[C@@H]1O. The molecule has 2 aromatic rings. The second-order valence-electron chi connectivity index (χ2n) is 5.02. The summed E-state index contributed by atoms with van der Waals surface area (Å²) in [6, 6.07) is 15.7. The highest BCUT2D eigenvalue weighted by atomic mass is 19.1. The van der Waals surface area contributed by atoms with E-state index in [0.29, 0.717) is 11.1 Å². The van der Waals surface area contributed by atoms with Gasteiger partial charge in [0.15, 0.2) is 5.67 Å². The number of benzene rings is 2. The number of aliphatic hydroxyl groups is 2. The molecule has 1 aliphatic carbocycles. The number of aliphatic hydroxyl groups excluding tert-OH is 2. The molecule has 3 rings (SSSR count). The van der Waals surface area contributed by atoms with Crippen LogP contribution in [0.2, 0.25) is 0 Å². The van der Waals surface area contributed by atoms with Gasteiger partial charge in [-0.2, -0.15) is 0 Å². The Balaban J connectivity index is 1.98. The van der Waals surface area contributed by atoms with Crippen LogP contribution < -0.4 is 0 Å². The number of hydrogen-bond donors (Lipinski definition) is 2. The van der Waals surface area contributed by atoms with Gasteiger partial charge in [-0.1, -0.05) is 54.6 Å². The maximum atomic E-state index is 15.1. The molecule has 3 heteroatoms. The fourth-order valence-corrected chi connectivity index (χ4v) is 2.77. The third kappa shape index (κ3) is 1.86. The average Bonchev–Trinajstić information content (AvgIpc) is 2.72. The van der Waals surface area contributed by atoms with Crippen LogP contribution in [0.5, 0.6) is 0 Å². The van der Waals surface area contributed by atoms with Gasteiger partial charge in [-0.15, -0.1) is 0 Å². The molecule has 0 aromatic heterocycles. The standard InChI is InChI=1S/C16H15FO2/c17-16(14(18)11-6-2-1-3-7-11)10-12-8-4-5-9-13(12)15(16)19/h1-9,14-15,18-19H,10H2/t14-,15-,16?/m0/s1. The van der Waals surface area contributed by atoms with Crippen LogP contribution in [0, 0.1) is 0 Å². The molecule has 2 N–H and O–H groups in total. The summed E-state index contributed by atoms with van der Waals surface area (Å²) in [5, 5.41) is 20.5. The van der Waals surface area contributed by atoms with E-state index in [0.717, 1.165) is 5.56 Å². The number of rotatable bonds is 2. The van der Waals surface area contributed by atoms with Crippen molar-refractivity contribution in [2.75, 3.05) is 0 Å². The molecule has 0 aliphatic heterocycles. The Morgan fingerprint density at radius 2 is 1.68 bits per heavy atom. The molecule has 0 heterocycles. The molecule has 19 heavy (non-hydrogen) atoms. The Morgan fingerprint density at radius 3 is 2.37 bits per heavy atom. The van der Waals surface area contributed by atoms with Crippen molar-refractivity contribution in [2.24, 2.45) is 0 Å². The molecule has 0 radical (unpaired) electrons. The molecule has 0 saturated carbocycles. The summed E-state index contributed by atoms with van der Waals surface area (Å²) in [6.45, 7) is 0. The van der Waals surface area contributed by atoms with Crippen molar-refractivity contribution in [2.45, 2.75) is 24.3 Å². The van der Waals surface area contributed by atoms with E-state index < -0.39 is 17.9 Å². The van der Waals surface area contributed by atoms with Crippen LogP contribution in [0.15, 0.2) is 54.6 Å². The number of halogens is 1.